The Morgan fingerprint density at radius 3 is 2.96 bits per heavy atom. The molecule has 3 aromatic rings. The molecule has 118 valence electrons. The topological polar surface area (TPSA) is 70.4 Å². The number of aromatic amines is 1. The number of benzene rings is 1. The molecule has 1 aromatic carbocycles. The summed E-state index contributed by atoms with van der Waals surface area (Å²) in [6, 6.07) is 8.23. The van der Waals surface area contributed by atoms with Crippen LogP contribution in [0.2, 0.25) is 0 Å². The van der Waals surface area contributed by atoms with Gasteiger partial charge >= 0.3 is 0 Å². The number of nitrogens with zero attached hydrogens (tertiary/aromatic N) is 2. The summed E-state index contributed by atoms with van der Waals surface area (Å²) in [5, 5.41) is 9.13. The van der Waals surface area contributed by atoms with E-state index in [2.05, 4.69) is 29.0 Å². The van der Waals surface area contributed by atoms with Crippen LogP contribution < -0.4 is 5.56 Å². The van der Waals surface area contributed by atoms with Gasteiger partial charge in [-0.3, -0.25) is 9.20 Å². The first-order valence-electron chi connectivity index (χ1n) is 7.97. The van der Waals surface area contributed by atoms with Crippen LogP contribution in [0, 0.1) is 0 Å². The molecule has 1 aliphatic rings. The molecule has 2 aromatic heterocycles. The predicted molar refractivity (Wildman–Crippen MR) is 88.6 cm³/mol. The van der Waals surface area contributed by atoms with Gasteiger partial charge in [-0.1, -0.05) is 24.3 Å². The number of unbranched alkanes of at least 4 members (excludes halogenated alkanes) is 1. The third-order valence-corrected chi connectivity index (χ3v) is 4.96. The zero-order chi connectivity index (χ0) is 16.0. The number of rotatable bonds is 4. The summed E-state index contributed by atoms with van der Waals surface area (Å²) in [4.78, 5) is 19.5. The number of imidazole rings is 1. The van der Waals surface area contributed by atoms with Crippen LogP contribution in [0.3, 0.4) is 0 Å². The van der Waals surface area contributed by atoms with Crippen LogP contribution in [0.25, 0.3) is 16.9 Å². The van der Waals surface area contributed by atoms with E-state index in [0.717, 1.165) is 36.2 Å². The van der Waals surface area contributed by atoms with Crippen molar-refractivity contribution in [1.29, 1.82) is 0 Å². The number of aliphatic hydroxyl groups is 1. The van der Waals surface area contributed by atoms with Gasteiger partial charge in [0.2, 0.25) is 5.65 Å². The summed E-state index contributed by atoms with van der Waals surface area (Å²) in [6.45, 7) is 2.42. The summed E-state index contributed by atoms with van der Waals surface area (Å²) in [5.74, 6) is 0. The van der Waals surface area contributed by atoms with Gasteiger partial charge in [-0.2, -0.15) is 0 Å². The van der Waals surface area contributed by atoms with Crippen LogP contribution in [-0.4, -0.2) is 26.1 Å². The van der Waals surface area contributed by atoms with Crippen LogP contribution in [0.15, 0.2) is 41.5 Å². The Morgan fingerprint density at radius 1 is 1.30 bits per heavy atom. The summed E-state index contributed by atoms with van der Waals surface area (Å²) >= 11 is 0. The maximum Gasteiger partial charge on any atom is 0.292 e. The smallest absolute Gasteiger partial charge is 0.292 e. The fraction of sp³-hybridized carbons (Fsp3) is 0.333. The van der Waals surface area contributed by atoms with Crippen molar-refractivity contribution in [1.82, 2.24) is 14.4 Å². The molecule has 0 bridgehead atoms. The molecule has 1 unspecified atom stereocenters. The van der Waals surface area contributed by atoms with Crippen LogP contribution >= 0.6 is 0 Å². The highest BCUT2D eigenvalue weighted by atomic mass is 16.2. The lowest BCUT2D eigenvalue weighted by molar-refractivity contribution is 0.278. The lowest BCUT2D eigenvalue weighted by atomic mass is 9.78. The fourth-order valence-electron chi connectivity index (χ4n) is 3.89. The Hall–Kier alpha value is -2.40. The zero-order valence-corrected chi connectivity index (χ0v) is 13.0. The lowest BCUT2D eigenvalue weighted by Gasteiger charge is -2.27. The van der Waals surface area contributed by atoms with Crippen LogP contribution in [-0.2, 0) is 5.41 Å². The predicted octanol–water partition coefficient (Wildman–Crippen LogP) is 2.47. The Morgan fingerprint density at radius 2 is 2.13 bits per heavy atom. The Balaban J connectivity index is 2.02. The van der Waals surface area contributed by atoms with E-state index in [1.54, 1.807) is 6.20 Å². The van der Waals surface area contributed by atoms with Gasteiger partial charge in [0.25, 0.3) is 5.56 Å². The number of nitrogens with one attached hydrogen (secondary N) is 1. The van der Waals surface area contributed by atoms with E-state index in [-0.39, 0.29) is 17.6 Å². The van der Waals surface area contributed by atoms with E-state index in [4.69, 9.17) is 5.11 Å². The quantitative estimate of drug-likeness (QED) is 0.727. The molecule has 2 heterocycles. The van der Waals surface area contributed by atoms with Gasteiger partial charge in [-0.15, -0.1) is 0 Å². The molecule has 5 heteroatoms. The SMILES string of the molecule is CC1(CCCCO)c2ccccc2-c2[nH]c(=O)c3nccn3c21. The van der Waals surface area contributed by atoms with E-state index < -0.39 is 0 Å². The average molecular weight is 309 g/mol. The third-order valence-electron chi connectivity index (χ3n) is 4.96. The molecular weight excluding hydrogens is 290 g/mol. The van der Waals surface area contributed by atoms with Crippen molar-refractivity contribution in [2.24, 2.45) is 0 Å². The van der Waals surface area contributed by atoms with Gasteiger partial charge < -0.3 is 10.1 Å². The van der Waals surface area contributed by atoms with Gasteiger partial charge in [0.1, 0.15) is 0 Å². The largest absolute Gasteiger partial charge is 0.396 e. The second-order valence-corrected chi connectivity index (χ2v) is 6.36. The molecule has 0 aliphatic heterocycles. The van der Waals surface area contributed by atoms with Crippen LogP contribution in [0.5, 0.6) is 0 Å². The number of aromatic nitrogens is 3. The minimum absolute atomic E-state index is 0.164. The Kier molecular flexibility index (Phi) is 3.13. The zero-order valence-electron chi connectivity index (χ0n) is 13.0. The molecule has 0 fully saturated rings. The summed E-state index contributed by atoms with van der Waals surface area (Å²) in [7, 11) is 0. The molecule has 0 saturated carbocycles. The van der Waals surface area contributed by atoms with Gasteiger partial charge in [-0.05, 0) is 31.7 Å². The molecule has 1 aliphatic carbocycles. The third kappa shape index (κ3) is 1.90. The first kappa shape index (κ1) is 14.2. The molecule has 23 heavy (non-hydrogen) atoms. The number of aliphatic hydroxyl groups excluding tert-OH is 1. The van der Waals surface area contributed by atoms with Crippen molar-refractivity contribution in [3.05, 3.63) is 58.3 Å². The highest BCUT2D eigenvalue weighted by Gasteiger charge is 2.41. The summed E-state index contributed by atoms with van der Waals surface area (Å²) in [6.07, 6.45) is 6.15. The minimum Gasteiger partial charge on any atom is -0.396 e. The molecule has 0 spiro atoms. The molecule has 0 radical (unpaired) electrons. The Labute approximate surface area is 133 Å². The number of H-pyrrole nitrogens is 1. The molecule has 0 saturated heterocycles. The molecule has 0 amide bonds. The van der Waals surface area contributed by atoms with E-state index >= 15 is 0 Å². The van der Waals surface area contributed by atoms with E-state index in [0.29, 0.717) is 5.65 Å². The second kappa shape index (κ2) is 5.06. The Bertz CT molecular complexity index is 941. The van der Waals surface area contributed by atoms with Gasteiger partial charge in [0.15, 0.2) is 0 Å². The van der Waals surface area contributed by atoms with Gasteiger partial charge in [-0.25, -0.2) is 4.98 Å². The van der Waals surface area contributed by atoms with Crippen molar-refractivity contribution in [3.63, 3.8) is 0 Å². The second-order valence-electron chi connectivity index (χ2n) is 6.36. The maximum atomic E-state index is 12.3. The van der Waals surface area contributed by atoms with Gasteiger partial charge in [0.05, 0.1) is 11.4 Å². The van der Waals surface area contributed by atoms with Crippen molar-refractivity contribution >= 4 is 5.65 Å². The molecule has 5 nitrogen and oxygen atoms in total. The minimum atomic E-state index is -0.204. The first-order valence-corrected chi connectivity index (χ1v) is 7.97. The maximum absolute atomic E-state index is 12.3. The molecule has 1 atom stereocenters. The number of fused-ring (bicyclic) bond motifs is 5. The normalized spacial score (nSPS) is 19.0. The van der Waals surface area contributed by atoms with E-state index in [1.807, 2.05) is 22.7 Å². The van der Waals surface area contributed by atoms with Crippen molar-refractivity contribution in [2.45, 2.75) is 31.6 Å². The van der Waals surface area contributed by atoms with Crippen LogP contribution in [0.4, 0.5) is 0 Å². The van der Waals surface area contributed by atoms with Crippen molar-refractivity contribution in [2.75, 3.05) is 6.61 Å². The van der Waals surface area contributed by atoms with Crippen molar-refractivity contribution < 1.29 is 5.11 Å². The van der Waals surface area contributed by atoms with E-state index in [1.165, 1.54) is 5.56 Å². The molecule has 2 N–H and O–H groups in total. The number of hydrogen-bond acceptors (Lipinski definition) is 3. The summed E-state index contributed by atoms with van der Waals surface area (Å²) < 4.78 is 1.92. The van der Waals surface area contributed by atoms with Gasteiger partial charge in [0, 0.05) is 30.0 Å². The first-order chi connectivity index (χ1) is 11.2. The highest BCUT2D eigenvalue weighted by Crippen LogP contribution is 2.49. The monoisotopic (exact) mass is 309 g/mol. The highest BCUT2D eigenvalue weighted by molar-refractivity contribution is 5.77. The summed E-state index contributed by atoms with van der Waals surface area (Å²) in [5.41, 5.74) is 4.36. The number of hydrogen-bond donors (Lipinski definition) is 2. The lowest BCUT2D eigenvalue weighted by Crippen LogP contribution is -2.26. The average Bonchev–Trinajstić information content (AvgIpc) is 3.12. The fourth-order valence-corrected chi connectivity index (χ4v) is 3.89. The standard InChI is InChI=1S/C18H19N3O2/c1-18(8-4-5-11-22)13-7-3-2-6-12(13)14-15(18)21-10-9-19-16(21)17(23)20-14/h2-3,6-7,9-10,22H,4-5,8,11H2,1H3,(H,20,23). The molecular formula is C18H19N3O2. The van der Waals surface area contributed by atoms with Crippen LogP contribution in [0.1, 0.15) is 37.4 Å². The molecule has 4 rings (SSSR count). The van der Waals surface area contributed by atoms with E-state index in [9.17, 15) is 4.79 Å². The van der Waals surface area contributed by atoms with Crippen molar-refractivity contribution in [3.8, 4) is 11.3 Å².